The Hall–Kier alpha value is -2.68. The van der Waals surface area contributed by atoms with Crippen LogP contribution in [0, 0.1) is 5.92 Å². The first-order chi connectivity index (χ1) is 12.1. The van der Waals surface area contributed by atoms with Crippen LogP contribution >= 0.6 is 0 Å². The minimum Gasteiger partial charge on any atom is -0.384 e. The van der Waals surface area contributed by atoms with Crippen LogP contribution < -0.4 is 10.5 Å². The molecule has 1 aliphatic heterocycles. The number of aromatic nitrogens is 6. The SMILES string of the molecule is COCC1CN(c2nn3c(-c4cnc[nH]4)cnc3c(=O)n2C(C)C)C1. The minimum atomic E-state index is -0.138. The van der Waals surface area contributed by atoms with Crippen molar-refractivity contribution in [2.24, 2.45) is 5.92 Å². The number of aromatic amines is 1. The molecule has 25 heavy (non-hydrogen) atoms. The third kappa shape index (κ3) is 2.51. The van der Waals surface area contributed by atoms with E-state index in [1.807, 2.05) is 13.8 Å². The number of rotatable bonds is 5. The molecule has 9 heteroatoms. The van der Waals surface area contributed by atoms with Crippen LogP contribution in [0.3, 0.4) is 0 Å². The topological polar surface area (TPSA) is 93.3 Å². The highest BCUT2D eigenvalue weighted by atomic mass is 16.5. The molecule has 0 unspecified atom stereocenters. The molecular formula is C16H21N7O2. The highest BCUT2D eigenvalue weighted by Gasteiger charge is 2.31. The summed E-state index contributed by atoms with van der Waals surface area (Å²) >= 11 is 0. The molecule has 0 amide bonds. The molecule has 1 saturated heterocycles. The van der Waals surface area contributed by atoms with Crippen LogP contribution in [0.25, 0.3) is 17.0 Å². The Morgan fingerprint density at radius 2 is 2.16 bits per heavy atom. The zero-order chi connectivity index (χ0) is 17.6. The first kappa shape index (κ1) is 15.8. The molecule has 0 spiro atoms. The predicted molar refractivity (Wildman–Crippen MR) is 92.8 cm³/mol. The number of anilines is 1. The number of ether oxygens (including phenoxy) is 1. The number of H-pyrrole nitrogens is 1. The lowest BCUT2D eigenvalue weighted by atomic mass is 10.0. The molecule has 4 heterocycles. The summed E-state index contributed by atoms with van der Waals surface area (Å²) in [6.07, 6.45) is 4.93. The van der Waals surface area contributed by atoms with E-state index in [-0.39, 0.29) is 11.6 Å². The summed E-state index contributed by atoms with van der Waals surface area (Å²) in [5, 5.41) is 4.74. The van der Waals surface area contributed by atoms with Gasteiger partial charge in [-0.25, -0.2) is 14.5 Å². The number of fused-ring (bicyclic) bond motifs is 1. The smallest absolute Gasteiger partial charge is 0.298 e. The van der Waals surface area contributed by atoms with Crippen LogP contribution in [0.1, 0.15) is 19.9 Å². The molecule has 3 aromatic rings. The number of hydrogen-bond acceptors (Lipinski definition) is 6. The summed E-state index contributed by atoms with van der Waals surface area (Å²) in [6.45, 7) is 6.33. The van der Waals surface area contributed by atoms with E-state index in [4.69, 9.17) is 9.84 Å². The van der Waals surface area contributed by atoms with Gasteiger partial charge in [0.25, 0.3) is 5.56 Å². The molecule has 9 nitrogen and oxygen atoms in total. The average molecular weight is 343 g/mol. The summed E-state index contributed by atoms with van der Waals surface area (Å²) in [5.74, 6) is 1.13. The van der Waals surface area contributed by atoms with Gasteiger partial charge in [0.2, 0.25) is 11.6 Å². The fraction of sp³-hybridized carbons (Fsp3) is 0.500. The quantitative estimate of drug-likeness (QED) is 0.741. The van der Waals surface area contributed by atoms with Crippen molar-refractivity contribution in [2.45, 2.75) is 19.9 Å². The van der Waals surface area contributed by atoms with Crippen LogP contribution in [0.4, 0.5) is 5.95 Å². The van der Waals surface area contributed by atoms with Gasteiger partial charge < -0.3 is 14.6 Å². The minimum absolute atomic E-state index is 0.00576. The molecule has 1 fully saturated rings. The molecule has 0 radical (unpaired) electrons. The summed E-state index contributed by atoms with van der Waals surface area (Å²) in [5.41, 5.74) is 1.67. The molecule has 0 bridgehead atoms. The summed E-state index contributed by atoms with van der Waals surface area (Å²) in [6, 6.07) is -0.00576. The standard InChI is InChI=1S/C16H21N7O2/c1-10(2)22-15(24)14-18-5-13(12-4-17-9-19-12)23(14)20-16(22)21-6-11(7-21)8-25-3/h4-5,9-11H,6-8H2,1-3H3,(H,17,19). The average Bonchev–Trinajstić information content (AvgIpc) is 3.18. The van der Waals surface area contributed by atoms with Gasteiger partial charge in [0.1, 0.15) is 5.69 Å². The molecule has 1 aliphatic rings. The predicted octanol–water partition coefficient (Wildman–Crippen LogP) is 0.945. The van der Waals surface area contributed by atoms with Gasteiger partial charge in [-0.1, -0.05) is 0 Å². The molecule has 1 N–H and O–H groups in total. The van der Waals surface area contributed by atoms with Crippen molar-refractivity contribution in [2.75, 3.05) is 31.7 Å². The first-order valence-corrected chi connectivity index (χ1v) is 8.33. The van der Waals surface area contributed by atoms with Crippen molar-refractivity contribution in [3.05, 3.63) is 29.1 Å². The van der Waals surface area contributed by atoms with Gasteiger partial charge in [-0.05, 0) is 13.8 Å². The molecule has 132 valence electrons. The summed E-state index contributed by atoms with van der Waals surface area (Å²) < 4.78 is 8.53. The van der Waals surface area contributed by atoms with Crippen LogP contribution in [0.2, 0.25) is 0 Å². The maximum atomic E-state index is 13.0. The Labute approximate surface area is 144 Å². The number of hydrogen-bond donors (Lipinski definition) is 1. The van der Waals surface area contributed by atoms with Gasteiger partial charge in [-0.2, -0.15) is 0 Å². The van der Waals surface area contributed by atoms with Gasteiger partial charge in [0, 0.05) is 32.2 Å². The Morgan fingerprint density at radius 1 is 1.36 bits per heavy atom. The van der Waals surface area contributed by atoms with Crippen LogP contribution in [0.15, 0.2) is 23.5 Å². The molecule has 4 rings (SSSR count). The highest BCUT2D eigenvalue weighted by Crippen LogP contribution is 2.25. The molecule has 0 saturated carbocycles. The van der Waals surface area contributed by atoms with E-state index >= 15 is 0 Å². The second kappa shape index (κ2) is 5.99. The van der Waals surface area contributed by atoms with Gasteiger partial charge in [0.05, 0.1) is 31.0 Å². The monoisotopic (exact) mass is 343 g/mol. The lowest BCUT2D eigenvalue weighted by Gasteiger charge is -2.40. The van der Waals surface area contributed by atoms with Crippen molar-refractivity contribution in [1.82, 2.24) is 29.1 Å². The van der Waals surface area contributed by atoms with Gasteiger partial charge in [-0.15, -0.1) is 5.10 Å². The molecule has 0 aliphatic carbocycles. The summed E-state index contributed by atoms with van der Waals surface area (Å²) in [4.78, 5) is 26.5. The van der Waals surface area contributed by atoms with Crippen molar-refractivity contribution >= 4 is 11.6 Å². The van der Waals surface area contributed by atoms with E-state index in [0.717, 1.165) is 31.1 Å². The van der Waals surface area contributed by atoms with E-state index in [0.29, 0.717) is 17.5 Å². The Balaban J connectivity index is 1.84. The zero-order valence-corrected chi connectivity index (χ0v) is 14.5. The second-order valence-corrected chi connectivity index (χ2v) is 6.64. The number of nitrogens with zero attached hydrogens (tertiary/aromatic N) is 6. The fourth-order valence-electron chi connectivity index (χ4n) is 3.26. The van der Waals surface area contributed by atoms with E-state index in [9.17, 15) is 4.79 Å². The van der Waals surface area contributed by atoms with Crippen LogP contribution in [-0.4, -0.2) is 55.9 Å². The number of methoxy groups -OCH3 is 1. The Kier molecular flexibility index (Phi) is 3.79. The molecule has 3 aromatic heterocycles. The Morgan fingerprint density at radius 3 is 2.80 bits per heavy atom. The van der Waals surface area contributed by atoms with Gasteiger partial charge in [0.15, 0.2) is 0 Å². The van der Waals surface area contributed by atoms with Crippen molar-refractivity contribution in [3.63, 3.8) is 0 Å². The lowest BCUT2D eigenvalue weighted by molar-refractivity contribution is 0.136. The maximum Gasteiger partial charge on any atom is 0.298 e. The normalized spacial score (nSPS) is 15.3. The van der Waals surface area contributed by atoms with E-state index in [1.165, 1.54) is 0 Å². The number of nitrogens with one attached hydrogen (secondary N) is 1. The third-order valence-electron chi connectivity index (χ3n) is 4.49. The van der Waals surface area contributed by atoms with Crippen LogP contribution in [-0.2, 0) is 4.74 Å². The van der Waals surface area contributed by atoms with Crippen molar-refractivity contribution in [1.29, 1.82) is 0 Å². The summed E-state index contributed by atoms with van der Waals surface area (Å²) in [7, 11) is 1.71. The van der Waals surface area contributed by atoms with Gasteiger partial charge >= 0.3 is 0 Å². The molecule has 0 aromatic carbocycles. The highest BCUT2D eigenvalue weighted by molar-refractivity contribution is 5.58. The van der Waals surface area contributed by atoms with Crippen molar-refractivity contribution in [3.8, 4) is 11.4 Å². The molecular weight excluding hydrogens is 322 g/mol. The second-order valence-electron chi connectivity index (χ2n) is 6.64. The largest absolute Gasteiger partial charge is 0.384 e. The van der Waals surface area contributed by atoms with E-state index in [2.05, 4.69) is 19.9 Å². The number of imidazole rings is 2. The Bertz CT molecular complexity index is 935. The first-order valence-electron chi connectivity index (χ1n) is 8.33. The lowest BCUT2D eigenvalue weighted by Crippen LogP contribution is -2.51. The third-order valence-corrected chi connectivity index (χ3v) is 4.49. The van der Waals surface area contributed by atoms with Crippen LogP contribution in [0.5, 0.6) is 0 Å². The van der Waals surface area contributed by atoms with E-state index < -0.39 is 0 Å². The van der Waals surface area contributed by atoms with Gasteiger partial charge in [-0.3, -0.25) is 9.36 Å². The molecule has 0 atom stereocenters. The fourth-order valence-corrected chi connectivity index (χ4v) is 3.26. The van der Waals surface area contributed by atoms with E-state index in [1.54, 1.807) is 34.9 Å². The zero-order valence-electron chi connectivity index (χ0n) is 14.5. The maximum absolute atomic E-state index is 13.0. The van der Waals surface area contributed by atoms with Crippen molar-refractivity contribution < 1.29 is 4.74 Å².